The van der Waals surface area contributed by atoms with Gasteiger partial charge >= 0.3 is 0 Å². The van der Waals surface area contributed by atoms with E-state index in [9.17, 15) is 10.1 Å². The Bertz CT molecular complexity index is 497. The second-order valence-electron chi connectivity index (χ2n) is 5.85. The summed E-state index contributed by atoms with van der Waals surface area (Å²) in [5.74, 6) is 0.458. The first-order valence-corrected chi connectivity index (χ1v) is 7.41. The Hall–Kier alpha value is -1.82. The lowest BCUT2D eigenvalue weighted by atomic mass is 9.62. The van der Waals surface area contributed by atoms with Gasteiger partial charge in [-0.1, -0.05) is 38.5 Å². The van der Waals surface area contributed by atoms with Gasteiger partial charge in [0.15, 0.2) is 0 Å². The highest BCUT2D eigenvalue weighted by Gasteiger charge is 2.50. The first kappa shape index (κ1) is 14.6. The lowest BCUT2D eigenvalue weighted by Crippen LogP contribution is -2.50. The monoisotopic (exact) mass is 270 g/mol. The summed E-state index contributed by atoms with van der Waals surface area (Å²) in [6.07, 6.45) is 3.37. The van der Waals surface area contributed by atoms with Crippen LogP contribution >= 0.6 is 0 Å². The van der Waals surface area contributed by atoms with E-state index in [0.29, 0.717) is 25.3 Å². The largest absolute Gasteiger partial charge is 0.311 e. The molecule has 1 fully saturated rings. The zero-order valence-corrected chi connectivity index (χ0v) is 12.3. The summed E-state index contributed by atoms with van der Waals surface area (Å²) in [7, 11) is 0. The maximum Gasteiger partial charge on any atom is 0.247 e. The third kappa shape index (κ3) is 2.70. The molecule has 0 heterocycles. The van der Waals surface area contributed by atoms with E-state index in [1.54, 1.807) is 4.90 Å². The molecule has 20 heavy (non-hydrogen) atoms. The second kappa shape index (κ2) is 6.09. The fraction of sp³-hybridized carbons (Fsp3) is 0.529. The third-order valence-electron chi connectivity index (χ3n) is 4.07. The summed E-state index contributed by atoms with van der Waals surface area (Å²) >= 11 is 0. The van der Waals surface area contributed by atoms with Crippen LogP contribution in [0.4, 0.5) is 5.69 Å². The first-order valence-electron chi connectivity index (χ1n) is 7.41. The number of hydrogen-bond acceptors (Lipinski definition) is 2. The predicted octanol–water partition coefficient (Wildman–Crippen LogP) is 3.76. The lowest BCUT2D eigenvalue weighted by Gasteiger charge is -2.42. The van der Waals surface area contributed by atoms with E-state index >= 15 is 0 Å². The molecular weight excluding hydrogens is 248 g/mol. The van der Waals surface area contributed by atoms with Gasteiger partial charge < -0.3 is 4.90 Å². The van der Waals surface area contributed by atoms with E-state index in [-0.39, 0.29) is 5.91 Å². The number of hydrogen-bond donors (Lipinski definition) is 0. The van der Waals surface area contributed by atoms with Crippen LogP contribution in [0.3, 0.4) is 0 Å². The topological polar surface area (TPSA) is 44.1 Å². The molecule has 0 unspecified atom stereocenters. The smallest absolute Gasteiger partial charge is 0.247 e. The Labute approximate surface area is 121 Å². The van der Waals surface area contributed by atoms with Crippen LogP contribution in [-0.2, 0) is 4.79 Å². The first-order chi connectivity index (χ1) is 9.63. The van der Waals surface area contributed by atoms with Gasteiger partial charge in [0, 0.05) is 12.2 Å². The summed E-state index contributed by atoms with van der Waals surface area (Å²) in [6.45, 7) is 4.90. The molecule has 0 N–H and O–H groups in total. The van der Waals surface area contributed by atoms with Crippen molar-refractivity contribution in [2.24, 2.45) is 11.3 Å². The van der Waals surface area contributed by atoms with Crippen molar-refractivity contribution in [2.45, 2.75) is 39.5 Å². The van der Waals surface area contributed by atoms with Crippen molar-refractivity contribution in [1.82, 2.24) is 0 Å². The summed E-state index contributed by atoms with van der Waals surface area (Å²) < 4.78 is 0. The fourth-order valence-corrected chi connectivity index (χ4v) is 2.97. The Morgan fingerprint density at radius 3 is 2.55 bits per heavy atom. The molecule has 3 nitrogen and oxygen atoms in total. The van der Waals surface area contributed by atoms with E-state index in [4.69, 9.17) is 0 Å². The standard InChI is InChI=1S/C17H22N2O/c1-3-4-10-19(15-8-6-5-7-9-15)16(20)17(13-18)11-14(2)12-17/h5-9,14H,3-4,10-12H2,1-2H3. The number of para-hydroxylation sites is 1. The molecule has 2 rings (SSSR count). The average molecular weight is 270 g/mol. The molecule has 1 aliphatic rings. The number of nitriles is 1. The molecule has 0 aliphatic heterocycles. The molecular formula is C17H22N2O. The molecule has 0 radical (unpaired) electrons. The van der Waals surface area contributed by atoms with Gasteiger partial charge in [-0.3, -0.25) is 4.79 Å². The van der Waals surface area contributed by atoms with Crippen molar-refractivity contribution in [3.63, 3.8) is 0 Å². The van der Waals surface area contributed by atoms with Crippen LogP contribution in [0.15, 0.2) is 30.3 Å². The predicted molar refractivity (Wildman–Crippen MR) is 80.1 cm³/mol. The van der Waals surface area contributed by atoms with E-state index < -0.39 is 5.41 Å². The zero-order chi connectivity index (χ0) is 14.6. The van der Waals surface area contributed by atoms with Gasteiger partial charge in [-0.15, -0.1) is 0 Å². The van der Waals surface area contributed by atoms with Crippen molar-refractivity contribution in [3.8, 4) is 6.07 Å². The minimum atomic E-state index is -0.789. The molecule has 0 spiro atoms. The maximum absolute atomic E-state index is 12.8. The molecule has 1 saturated carbocycles. The molecule has 1 aliphatic carbocycles. The quantitative estimate of drug-likeness (QED) is 0.817. The van der Waals surface area contributed by atoms with Crippen LogP contribution in [0.2, 0.25) is 0 Å². The van der Waals surface area contributed by atoms with Crippen LogP contribution < -0.4 is 4.90 Å². The van der Waals surface area contributed by atoms with E-state index in [1.807, 2.05) is 30.3 Å². The summed E-state index contributed by atoms with van der Waals surface area (Å²) in [6, 6.07) is 12.0. The highest BCUT2D eigenvalue weighted by molar-refractivity contribution is 6.00. The van der Waals surface area contributed by atoms with Gasteiger partial charge in [0.25, 0.3) is 0 Å². The number of anilines is 1. The summed E-state index contributed by atoms with van der Waals surface area (Å²) in [4.78, 5) is 14.6. The molecule has 1 aromatic carbocycles. The van der Waals surface area contributed by atoms with Crippen LogP contribution in [-0.4, -0.2) is 12.5 Å². The fourth-order valence-electron chi connectivity index (χ4n) is 2.97. The van der Waals surface area contributed by atoms with Crippen molar-refractivity contribution < 1.29 is 4.79 Å². The number of carbonyl (C=O) groups is 1. The molecule has 1 amide bonds. The number of carbonyl (C=O) groups excluding carboxylic acids is 1. The molecule has 106 valence electrons. The SMILES string of the molecule is CCCCN(C(=O)C1(C#N)CC(C)C1)c1ccccc1. The zero-order valence-electron chi connectivity index (χ0n) is 12.3. The number of nitrogens with zero attached hydrogens (tertiary/aromatic N) is 2. The Kier molecular flexibility index (Phi) is 4.44. The van der Waals surface area contributed by atoms with Gasteiger partial charge in [0.1, 0.15) is 5.41 Å². The van der Waals surface area contributed by atoms with Gasteiger partial charge in [0.05, 0.1) is 6.07 Å². The molecule has 0 atom stereocenters. The average Bonchev–Trinajstić information content (AvgIpc) is 2.45. The van der Waals surface area contributed by atoms with Crippen molar-refractivity contribution in [1.29, 1.82) is 5.26 Å². The number of unbranched alkanes of at least 4 members (excludes halogenated alkanes) is 1. The van der Waals surface area contributed by atoms with Gasteiger partial charge in [-0.05, 0) is 37.3 Å². The lowest BCUT2D eigenvalue weighted by molar-refractivity contribution is -0.131. The van der Waals surface area contributed by atoms with E-state index in [2.05, 4.69) is 19.9 Å². The van der Waals surface area contributed by atoms with Crippen LogP contribution in [0.1, 0.15) is 39.5 Å². The van der Waals surface area contributed by atoms with E-state index in [0.717, 1.165) is 18.5 Å². The van der Waals surface area contributed by atoms with Crippen LogP contribution in [0, 0.1) is 22.7 Å². The number of rotatable bonds is 5. The van der Waals surface area contributed by atoms with Crippen molar-refractivity contribution >= 4 is 11.6 Å². The van der Waals surface area contributed by atoms with Gasteiger partial charge in [-0.2, -0.15) is 5.26 Å². The molecule has 3 heteroatoms. The number of benzene rings is 1. The Morgan fingerprint density at radius 1 is 1.40 bits per heavy atom. The van der Waals surface area contributed by atoms with Crippen LogP contribution in [0.25, 0.3) is 0 Å². The normalized spacial score (nSPS) is 24.6. The number of amides is 1. The van der Waals surface area contributed by atoms with E-state index in [1.165, 1.54) is 0 Å². The highest BCUT2D eigenvalue weighted by Crippen LogP contribution is 2.46. The minimum absolute atomic E-state index is 0.0160. The minimum Gasteiger partial charge on any atom is -0.311 e. The summed E-state index contributed by atoms with van der Waals surface area (Å²) in [5.41, 5.74) is 0.114. The molecule has 1 aromatic rings. The maximum atomic E-state index is 12.8. The Balaban J connectivity index is 2.23. The van der Waals surface area contributed by atoms with Crippen LogP contribution in [0.5, 0.6) is 0 Å². The molecule has 0 saturated heterocycles. The van der Waals surface area contributed by atoms with Gasteiger partial charge in [-0.25, -0.2) is 0 Å². The molecule has 0 aromatic heterocycles. The second-order valence-corrected chi connectivity index (χ2v) is 5.85. The van der Waals surface area contributed by atoms with Crippen molar-refractivity contribution in [2.75, 3.05) is 11.4 Å². The molecule has 0 bridgehead atoms. The Morgan fingerprint density at radius 2 is 2.05 bits per heavy atom. The highest BCUT2D eigenvalue weighted by atomic mass is 16.2. The van der Waals surface area contributed by atoms with Crippen molar-refractivity contribution in [3.05, 3.63) is 30.3 Å². The third-order valence-corrected chi connectivity index (χ3v) is 4.07. The van der Waals surface area contributed by atoms with Gasteiger partial charge in [0.2, 0.25) is 5.91 Å². The summed E-state index contributed by atoms with van der Waals surface area (Å²) in [5, 5.41) is 9.45.